The van der Waals surface area contributed by atoms with E-state index in [1.54, 1.807) is 16.0 Å². The Morgan fingerprint density at radius 1 is 0.282 bits per heavy atom. The third-order valence-corrected chi connectivity index (χ3v) is 22.7. The van der Waals surface area contributed by atoms with E-state index in [-0.39, 0.29) is 1090 Å². The van der Waals surface area contributed by atoms with Gasteiger partial charge in [0.15, 0.2) is 0 Å². The second-order valence-corrected chi connectivity index (χ2v) is 36.2. The molecule has 149 heavy (non-hydrogen) atoms. The number of pyridine rings is 1. The average molecular weight is 4500 g/mol. The zero-order valence-electron chi connectivity index (χ0n) is 95.0. The largest absolute Gasteiger partial charge is 0.493 e. The van der Waals surface area contributed by atoms with Crippen molar-refractivity contribution >= 4 is 44.8 Å². The van der Waals surface area contributed by atoms with E-state index < -0.39 is 5.60 Å². The number of amides is 1. The molecule has 723 valence electrons. The maximum atomic E-state index is 12.3. The van der Waals surface area contributed by atoms with Gasteiger partial charge < -0.3 is 30.4 Å². The van der Waals surface area contributed by atoms with E-state index in [1.807, 2.05) is 53.3 Å². The Labute approximate surface area is 1740 Å². The SMILES string of the molecule is CC(C)c1ccc2c(c1)CCCC2.CC(C)c1ccc2c(c1)CCCN2C.CC(C)c1ccc2c(c1)CCCN2C.CC(C)c1ccc2c(c1)CCCN2C(=O)OC(C)(C)C.CC(C)c1ccc2c(c1)CCCO2.CC(C)c1ccc2c(c1)CCCO2.CC(C)c1ccc2ccccc2c1.CC(C)c1ccc2ncccc2c1.C[CH-]C.[Y].[Y].[Y].[Y].[Y].[Y].[Y].[Y].[Y].[Y].[Y].[Y].[Y].[Y].[Y].[Y].[Y].[Y].[Y].[Y].[Y].[Y].[Y].[Y].[Y].[Y].[Y].[Y].[Y].[Y].[Y].[Y].[Y]. The number of nitrogens with zero attached hydrogens (tertiary/aromatic N) is 4. The Bertz CT molecular complexity index is 4480. The quantitative estimate of drug-likeness (QED) is 0.140. The molecular weight excluding hydrogens is 4350 g/mol. The molecule has 6 heterocycles. The average Bonchev–Trinajstić information content (AvgIpc) is 0.810. The number of ether oxygens (including phenoxy) is 3. The number of fused-ring (bicyclic) bond motifs is 8. The van der Waals surface area contributed by atoms with E-state index in [2.05, 4.69) is 316 Å². The molecule has 10 aromatic rings. The minimum Gasteiger partial charge on any atom is -0.493 e. The van der Waals surface area contributed by atoms with Crippen LogP contribution in [0.15, 0.2) is 188 Å². The number of carbonyl (C=O) groups excluding carboxylic acids is 1. The molecule has 0 N–H and O–H groups in total. The van der Waals surface area contributed by atoms with Crippen LogP contribution in [-0.4, -0.2) is 63.6 Å². The van der Waals surface area contributed by atoms with E-state index in [0.717, 1.165) is 68.1 Å². The van der Waals surface area contributed by atoms with Gasteiger partial charge in [0.1, 0.15) is 17.1 Å². The van der Waals surface area contributed by atoms with Gasteiger partial charge in [0, 0.05) is 1140 Å². The summed E-state index contributed by atoms with van der Waals surface area (Å²) in [5.74, 6) is 7.10. The van der Waals surface area contributed by atoms with Crippen molar-refractivity contribution in [1.29, 1.82) is 0 Å². The van der Waals surface area contributed by atoms with Gasteiger partial charge in [0.05, 0.1) is 24.4 Å². The Morgan fingerprint density at radius 2 is 0.544 bits per heavy atom. The first-order valence-electron chi connectivity index (χ1n) is 44.4. The minimum atomic E-state index is -0.452. The van der Waals surface area contributed by atoms with Crippen LogP contribution in [0.5, 0.6) is 11.5 Å². The summed E-state index contributed by atoms with van der Waals surface area (Å²) in [6, 6.07) is 66.2. The van der Waals surface area contributed by atoms with E-state index in [4.69, 9.17) is 14.2 Å². The number of benzene rings is 9. The second-order valence-electron chi connectivity index (χ2n) is 36.2. The van der Waals surface area contributed by atoms with Gasteiger partial charge in [-0.3, -0.25) is 9.88 Å². The van der Waals surface area contributed by atoms with Crippen LogP contribution >= 0.6 is 0 Å². The Morgan fingerprint density at radius 3 is 0.899 bits per heavy atom. The van der Waals surface area contributed by atoms with Crippen molar-refractivity contribution in [3.63, 3.8) is 0 Å². The minimum absolute atomic E-state index is 0. The van der Waals surface area contributed by atoms with Crippen molar-refractivity contribution in [2.24, 2.45) is 0 Å². The summed E-state index contributed by atoms with van der Waals surface area (Å²) < 4.78 is 16.6. The normalized spacial score (nSPS) is 11.1. The zero-order valence-corrected chi connectivity index (χ0v) is 189. The number of carbonyl (C=O) groups is 1. The summed E-state index contributed by atoms with van der Waals surface area (Å²) in [6.45, 7) is 50.3. The second kappa shape index (κ2) is 138. The summed E-state index contributed by atoms with van der Waals surface area (Å²) in [7, 11) is 4.38. The first-order valence-corrected chi connectivity index (χ1v) is 44.4. The summed E-state index contributed by atoms with van der Waals surface area (Å²) in [5.41, 5.74) is 26.2. The first-order chi connectivity index (χ1) is 55.4. The monoisotopic (exact) mass is 4500 g/mol. The van der Waals surface area contributed by atoms with Crippen LogP contribution < -0.4 is 24.2 Å². The Hall–Kier alpha value is 27.5. The fraction of sp³-hybridized carbons (Fsp3) is 0.472. The van der Waals surface area contributed by atoms with Gasteiger partial charge in [-0.05, 0) is 301 Å². The smallest absolute Gasteiger partial charge is 0.414 e. The molecule has 0 bridgehead atoms. The molecule has 8 nitrogen and oxygen atoms in total. The molecule has 0 atom stereocenters. The van der Waals surface area contributed by atoms with Crippen molar-refractivity contribution in [3.8, 4) is 11.5 Å². The number of aryl methyl sites for hydroxylation is 7. The molecule has 9 aromatic carbocycles. The Balaban J connectivity index is -0.0000000468. The van der Waals surface area contributed by atoms with Gasteiger partial charge in [-0.15, -0.1) is 0 Å². The van der Waals surface area contributed by atoms with Gasteiger partial charge in [-0.2, -0.15) is 13.8 Å². The van der Waals surface area contributed by atoms with Gasteiger partial charge in [0.2, 0.25) is 0 Å². The standard InChI is InChI=1S/C17H25NO2.2C13H19N.C13H18.C13H14.C12H13N.2C12H16O.C3H7.33Y/c1-12(2)13-8-9-15-14(11-13)7-6-10-18(15)16(19)20-17(3,4)5;2*1-10(2)11-6-7-13-12(9-11)5-4-8-14(13)3;2*1-10(2)12-8-7-11-5-3-4-6-13(11)9-12;3*1-9(2)10-5-6-12-11(8-10)4-3-7-13-12;1-3-2;;;;;;;;;;;;;;;;;;;;;;;;;;;;;;;;;/h8-9,11-12H,6-7,10H2,1-5H3;2*6-7,9-10H,4-5,8H2,1-3H3;7-10H,3-6H2,1-2H3;3-10H,1-2H3;3-9H,1-2H3;2*5-6,8-9H,3-4,7H2,1-2H3;3H,1-2H3;;;;;;;;;;;;;;;;;;;;;;;;;;;;;;;;;/q;;;;;;;;-1;;;;;;;;;;;;;;;;;;;;;;;;;;;;;;;;;. The van der Waals surface area contributed by atoms with Crippen molar-refractivity contribution < 1.29 is 1100 Å². The topological polar surface area (TPSA) is 67.4 Å². The van der Waals surface area contributed by atoms with Crippen LogP contribution in [-0.2, 0) is 1130 Å². The summed E-state index contributed by atoms with van der Waals surface area (Å²) in [6.07, 6.45) is 20.8. The van der Waals surface area contributed by atoms with Gasteiger partial charge in [0.25, 0.3) is 0 Å². The van der Waals surface area contributed by atoms with E-state index >= 15 is 0 Å². The van der Waals surface area contributed by atoms with E-state index in [1.165, 1.54) is 177 Å². The molecule has 41 heteroatoms. The molecule has 1 aliphatic carbocycles. The maximum Gasteiger partial charge on any atom is 0.414 e. The van der Waals surface area contributed by atoms with Crippen molar-refractivity contribution in [1.82, 2.24) is 4.98 Å². The molecule has 33 radical (unpaired) electrons. The van der Waals surface area contributed by atoms with Crippen molar-refractivity contribution in [2.45, 2.75) is 288 Å². The molecule has 5 aliphatic heterocycles. The summed E-state index contributed by atoms with van der Waals surface area (Å²) in [4.78, 5) is 23.1. The van der Waals surface area contributed by atoms with Crippen molar-refractivity contribution in [2.75, 3.05) is 61.6 Å². The van der Waals surface area contributed by atoms with Gasteiger partial charge in [-0.1, -0.05) is 244 Å². The van der Waals surface area contributed by atoms with Crippen LogP contribution in [0, 0.1) is 6.42 Å². The first kappa shape index (κ1) is 240. The van der Waals surface area contributed by atoms with Gasteiger partial charge in [-0.25, -0.2) is 4.79 Å². The number of aromatic nitrogens is 1. The Kier molecular flexibility index (Phi) is 223. The molecule has 1 amide bonds. The van der Waals surface area contributed by atoms with E-state index in [9.17, 15) is 4.79 Å². The molecule has 0 saturated carbocycles. The summed E-state index contributed by atoms with van der Waals surface area (Å²) in [5, 5.41) is 3.90. The van der Waals surface area contributed by atoms with E-state index in [0.29, 0.717) is 47.3 Å². The number of hydrogen-bond donors (Lipinski definition) is 0. The third kappa shape index (κ3) is 93.7. The number of anilines is 3. The number of hydrogen-bond acceptors (Lipinski definition) is 7. The third-order valence-electron chi connectivity index (χ3n) is 22.7. The molecule has 6 aliphatic rings. The van der Waals surface area contributed by atoms with Gasteiger partial charge >= 0.3 is 6.09 Å². The molecule has 0 unspecified atom stereocenters. The molecule has 16 rings (SSSR count). The molecule has 0 spiro atoms. The van der Waals surface area contributed by atoms with Crippen LogP contribution in [0.1, 0.15) is 321 Å². The molecular formula is C108H147N4O4Y33-. The molecule has 1 aromatic heterocycles. The van der Waals surface area contributed by atoms with Crippen LogP contribution in [0.25, 0.3) is 21.7 Å². The number of rotatable bonds is 8. The van der Waals surface area contributed by atoms with Crippen LogP contribution in [0.3, 0.4) is 0 Å². The molecule has 0 saturated heterocycles. The fourth-order valence-electron chi connectivity index (χ4n) is 15.4. The van der Waals surface area contributed by atoms with Crippen LogP contribution in [0.4, 0.5) is 21.9 Å². The summed E-state index contributed by atoms with van der Waals surface area (Å²) >= 11 is 0. The maximum absolute atomic E-state index is 12.3. The zero-order chi connectivity index (χ0) is 84.2. The predicted octanol–water partition coefficient (Wildman–Crippen LogP) is 29.3. The predicted molar refractivity (Wildman–Crippen MR) is 502 cm³/mol. The van der Waals surface area contributed by atoms with Crippen LogP contribution in [0.2, 0.25) is 0 Å². The molecule has 0 fully saturated rings. The van der Waals surface area contributed by atoms with Crippen molar-refractivity contribution in [3.05, 3.63) is 278 Å². The fourth-order valence-corrected chi connectivity index (χ4v) is 15.4.